The molecule has 2 aromatic rings. The van der Waals surface area contributed by atoms with Crippen LogP contribution in [0.4, 0.5) is 0 Å². The van der Waals surface area contributed by atoms with Gasteiger partial charge < -0.3 is 5.73 Å². The molecule has 4 heteroatoms. The van der Waals surface area contributed by atoms with E-state index < -0.39 is 0 Å². The molecule has 2 N–H and O–H groups in total. The van der Waals surface area contributed by atoms with E-state index in [0.29, 0.717) is 6.54 Å². The summed E-state index contributed by atoms with van der Waals surface area (Å²) in [7, 11) is 0. The molecule has 1 heterocycles. The highest BCUT2D eigenvalue weighted by Crippen LogP contribution is 2.28. The molecule has 0 spiro atoms. The summed E-state index contributed by atoms with van der Waals surface area (Å²) in [5.41, 5.74) is 6.52. The lowest BCUT2D eigenvalue weighted by atomic mass is 10.3. The van der Waals surface area contributed by atoms with E-state index in [9.17, 15) is 0 Å². The zero-order valence-electron chi connectivity index (χ0n) is 6.25. The summed E-state index contributed by atoms with van der Waals surface area (Å²) in [6, 6.07) is 5.99. The van der Waals surface area contributed by atoms with Crippen LogP contribution in [0.25, 0.3) is 10.2 Å². The van der Waals surface area contributed by atoms with E-state index >= 15 is 0 Å². The van der Waals surface area contributed by atoms with Gasteiger partial charge in [0.05, 0.1) is 10.2 Å². The van der Waals surface area contributed by atoms with Crippen LogP contribution >= 0.6 is 27.3 Å². The number of nitrogens with zero attached hydrogens (tertiary/aromatic N) is 1. The number of fused-ring (bicyclic) bond motifs is 1. The molecule has 0 radical (unpaired) electrons. The Morgan fingerprint density at radius 2 is 2.33 bits per heavy atom. The number of benzene rings is 1. The predicted molar refractivity (Wildman–Crippen MR) is 55.2 cm³/mol. The molecule has 2 nitrogen and oxygen atoms in total. The van der Waals surface area contributed by atoms with Gasteiger partial charge in [-0.1, -0.05) is 6.07 Å². The SMILES string of the molecule is NCc1nc2cccc(Br)c2s1. The predicted octanol–water partition coefficient (Wildman–Crippen LogP) is 2.52. The average molecular weight is 243 g/mol. The van der Waals surface area contributed by atoms with Gasteiger partial charge in [0.25, 0.3) is 0 Å². The fraction of sp³-hybridized carbons (Fsp3) is 0.125. The molecule has 0 aliphatic heterocycles. The van der Waals surface area contributed by atoms with Crippen molar-refractivity contribution in [2.45, 2.75) is 6.54 Å². The second-order valence-corrected chi connectivity index (χ2v) is 4.34. The minimum Gasteiger partial charge on any atom is -0.325 e. The lowest BCUT2D eigenvalue weighted by Crippen LogP contribution is -1.93. The van der Waals surface area contributed by atoms with Crippen molar-refractivity contribution in [1.82, 2.24) is 4.98 Å². The number of hydrogen-bond donors (Lipinski definition) is 1. The molecule has 0 aliphatic rings. The van der Waals surface area contributed by atoms with Gasteiger partial charge in [-0.15, -0.1) is 11.3 Å². The van der Waals surface area contributed by atoms with Gasteiger partial charge in [0, 0.05) is 11.0 Å². The zero-order valence-corrected chi connectivity index (χ0v) is 8.65. The van der Waals surface area contributed by atoms with Crippen LogP contribution in [0.3, 0.4) is 0 Å². The second kappa shape index (κ2) is 3.12. The number of hydrogen-bond acceptors (Lipinski definition) is 3. The van der Waals surface area contributed by atoms with Crippen LogP contribution < -0.4 is 5.73 Å². The third-order valence-electron chi connectivity index (χ3n) is 1.59. The first-order valence-electron chi connectivity index (χ1n) is 3.55. The Morgan fingerprint density at radius 3 is 3.00 bits per heavy atom. The van der Waals surface area contributed by atoms with E-state index in [1.165, 1.54) is 4.70 Å². The van der Waals surface area contributed by atoms with Gasteiger partial charge >= 0.3 is 0 Å². The van der Waals surface area contributed by atoms with Crippen molar-refractivity contribution in [2.75, 3.05) is 0 Å². The Balaban J connectivity index is 2.74. The Kier molecular flexibility index (Phi) is 2.12. The normalized spacial score (nSPS) is 10.8. The van der Waals surface area contributed by atoms with E-state index in [-0.39, 0.29) is 0 Å². The Labute approximate surface area is 82.5 Å². The molecule has 0 saturated carbocycles. The number of aromatic nitrogens is 1. The van der Waals surface area contributed by atoms with Crippen molar-refractivity contribution in [3.05, 3.63) is 27.7 Å². The van der Waals surface area contributed by atoms with Gasteiger partial charge in [0.1, 0.15) is 5.01 Å². The monoisotopic (exact) mass is 242 g/mol. The molecule has 0 bridgehead atoms. The molecule has 1 aromatic heterocycles. The fourth-order valence-corrected chi connectivity index (χ4v) is 2.49. The molecular formula is C8H7BrN2S. The summed E-state index contributed by atoms with van der Waals surface area (Å²) < 4.78 is 2.27. The fourth-order valence-electron chi connectivity index (χ4n) is 1.05. The van der Waals surface area contributed by atoms with Gasteiger partial charge in [0.2, 0.25) is 0 Å². The molecule has 0 saturated heterocycles. The molecular weight excluding hydrogens is 236 g/mol. The van der Waals surface area contributed by atoms with E-state index in [4.69, 9.17) is 5.73 Å². The number of rotatable bonds is 1. The Bertz CT molecular complexity index is 410. The zero-order chi connectivity index (χ0) is 8.55. The quantitative estimate of drug-likeness (QED) is 0.835. The number of thiazole rings is 1. The van der Waals surface area contributed by atoms with Crippen LogP contribution in [0, 0.1) is 0 Å². The molecule has 0 atom stereocenters. The van der Waals surface area contributed by atoms with Gasteiger partial charge in [0.15, 0.2) is 0 Å². The highest BCUT2D eigenvalue weighted by atomic mass is 79.9. The summed E-state index contributed by atoms with van der Waals surface area (Å²) in [6.45, 7) is 0.520. The molecule has 0 unspecified atom stereocenters. The van der Waals surface area contributed by atoms with Crippen molar-refractivity contribution in [3.63, 3.8) is 0 Å². The van der Waals surface area contributed by atoms with Gasteiger partial charge in [-0.3, -0.25) is 0 Å². The summed E-state index contributed by atoms with van der Waals surface area (Å²) in [6.07, 6.45) is 0. The number of halogens is 1. The standard InChI is InChI=1S/C8H7BrN2S/c9-5-2-1-3-6-8(5)12-7(4-10)11-6/h1-3H,4,10H2. The number of nitrogens with two attached hydrogens (primary N) is 1. The van der Waals surface area contributed by atoms with Gasteiger partial charge in [-0.25, -0.2) is 4.98 Å². The highest BCUT2D eigenvalue weighted by molar-refractivity contribution is 9.10. The first kappa shape index (κ1) is 8.16. The largest absolute Gasteiger partial charge is 0.325 e. The second-order valence-electron chi connectivity index (χ2n) is 2.40. The maximum Gasteiger partial charge on any atom is 0.107 e. The molecule has 62 valence electrons. The van der Waals surface area contributed by atoms with Crippen molar-refractivity contribution in [2.24, 2.45) is 5.73 Å². The van der Waals surface area contributed by atoms with E-state index in [1.54, 1.807) is 11.3 Å². The summed E-state index contributed by atoms with van der Waals surface area (Å²) in [5, 5.41) is 0.983. The molecule has 0 amide bonds. The topological polar surface area (TPSA) is 38.9 Å². The van der Waals surface area contributed by atoms with E-state index in [1.807, 2.05) is 18.2 Å². The Morgan fingerprint density at radius 1 is 1.50 bits per heavy atom. The van der Waals surface area contributed by atoms with Crippen molar-refractivity contribution < 1.29 is 0 Å². The average Bonchev–Trinajstić information content (AvgIpc) is 2.49. The van der Waals surface area contributed by atoms with Crippen LogP contribution in [-0.2, 0) is 6.54 Å². The molecule has 0 aliphatic carbocycles. The van der Waals surface area contributed by atoms with Gasteiger partial charge in [-0.05, 0) is 28.1 Å². The maximum atomic E-state index is 5.50. The van der Waals surface area contributed by atoms with E-state index in [0.717, 1.165) is 15.0 Å². The lowest BCUT2D eigenvalue weighted by molar-refractivity contribution is 1.05. The van der Waals surface area contributed by atoms with Crippen LogP contribution in [-0.4, -0.2) is 4.98 Å². The minimum absolute atomic E-state index is 0.520. The summed E-state index contributed by atoms with van der Waals surface area (Å²) in [5.74, 6) is 0. The smallest absolute Gasteiger partial charge is 0.107 e. The first-order chi connectivity index (χ1) is 5.81. The van der Waals surface area contributed by atoms with Crippen molar-refractivity contribution in [1.29, 1.82) is 0 Å². The summed E-state index contributed by atoms with van der Waals surface area (Å²) >= 11 is 5.11. The van der Waals surface area contributed by atoms with Gasteiger partial charge in [-0.2, -0.15) is 0 Å². The third-order valence-corrected chi connectivity index (χ3v) is 3.64. The Hall–Kier alpha value is -0.450. The van der Waals surface area contributed by atoms with Crippen LogP contribution in [0.5, 0.6) is 0 Å². The lowest BCUT2D eigenvalue weighted by Gasteiger charge is -1.88. The summed E-state index contributed by atoms with van der Waals surface area (Å²) in [4.78, 5) is 4.36. The van der Waals surface area contributed by atoms with E-state index in [2.05, 4.69) is 20.9 Å². The van der Waals surface area contributed by atoms with Crippen LogP contribution in [0.2, 0.25) is 0 Å². The first-order valence-corrected chi connectivity index (χ1v) is 5.16. The third kappa shape index (κ3) is 1.26. The molecule has 0 fully saturated rings. The van der Waals surface area contributed by atoms with Crippen molar-refractivity contribution >= 4 is 37.5 Å². The highest BCUT2D eigenvalue weighted by Gasteiger charge is 2.03. The molecule has 1 aromatic carbocycles. The minimum atomic E-state index is 0.520. The maximum absolute atomic E-state index is 5.50. The van der Waals surface area contributed by atoms with Crippen LogP contribution in [0.15, 0.2) is 22.7 Å². The van der Waals surface area contributed by atoms with Crippen LogP contribution in [0.1, 0.15) is 5.01 Å². The molecule has 2 rings (SSSR count). The molecule has 12 heavy (non-hydrogen) atoms. The van der Waals surface area contributed by atoms with Crippen molar-refractivity contribution in [3.8, 4) is 0 Å².